The van der Waals surface area contributed by atoms with E-state index in [0.29, 0.717) is 19.5 Å². The van der Waals surface area contributed by atoms with Crippen molar-refractivity contribution in [3.63, 3.8) is 0 Å². The molecule has 0 fully saturated rings. The zero-order chi connectivity index (χ0) is 16.4. The number of nitrogens with zero attached hydrogens (tertiary/aromatic N) is 2. The maximum Gasteiger partial charge on any atom is 0.221 e. The second-order valence-electron chi connectivity index (χ2n) is 5.02. The van der Waals surface area contributed by atoms with E-state index in [1.54, 1.807) is 7.05 Å². The van der Waals surface area contributed by atoms with Gasteiger partial charge in [-0.2, -0.15) is 0 Å². The summed E-state index contributed by atoms with van der Waals surface area (Å²) >= 11 is 6.17. The van der Waals surface area contributed by atoms with E-state index in [2.05, 4.69) is 15.6 Å². The summed E-state index contributed by atoms with van der Waals surface area (Å²) in [5, 5.41) is 6.78. The highest BCUT2D eigenvalue weighted by Gasteiger charge is 2.09. The number of nitrogens with one attached hydrogen (secondary N) is 2. The Morgan fingerprint density at radius 1 is 1.26 bits per heavy atom. The molecule has 0 saturated carbocycles. The molecule has 0 aliphatic heterocycles. The molecule has 7 heteroatoms. The number of aliphatic imine (C=N–C) groups is 1. The van der Waals surface area contributed by atoms with E-state index in [0.717, 1.165) is 29.5 Å². The van der Waals surface area contributed by atoms with Gasteiger partial charge >= 0.3 is 0 Å². The van der Waals surface area contributed by atoms with Gasteiger partial charge in [0.15, 0.2) is 5.96 Å². The van der Waals surface area contributed by atoms with Gasteiger partial charge in [0.05, 0.1) is 0 Å². The van der Waals surface area contributed by atoms with Crippen molar-refractivity contribution in [1.29, 1.82) is 0 Å². The Bertz CT molecular complexity index is 511. The van der Waals surface area contributed by atoms with Gasteiger partial charge in [0.2, 0.25) is 5.91 Å². The molecule has 0 unspecified atom stereocenters. The minimum atomic E-state index is 0. The highest BCUT2D eigenvalue weighted by atomic mass is 127. The maximum absolute atomic E-state index is 11.6. The average molecular weight is 453 g/mol. The van der Waals surface area contributed by atoms with Crippen molar-refractivity contribution in [2.75, 3.05) is 27.2 Å². The molecule has 130 valence electrons. The molecular weight excluding hydrogens is 427 g/mol. The predicted octanol–water partition coefficient (Wildman–Crippen LogP) is 2.88. The molecule has 0 bridgehead atoms. The third kappa shape index (κ3) is 8.41. The van der Waals surface area contributed by atoms with Crippen LogP contribution in [0.1, 0.15) is 25.3 Å². The zero-order valence-corrected chi connectivity index (χ0v) is 17.0. The third-order valence-corrected chi connectivity index (χ3v) is 3.51. The van der Waals surface area contributed by atoms with Crippen LogP contribution in [0.15, 0.2) is 29.3 Å². The van der Waals surface area contributed by atoms with Gasteiger partial charge in [-0.25, -0.2) is 0 Å². The molecule has 0 aromatic heterocycles. The van der Waals surface area contributed by atoms with Gasteiger partial charge < -0.3 is 15.5 Å². The number of rotatable bonds is 7. The molecule has 0 heterocycles. The number of hydrogen-bond donors (Lipinski definition) is 2. The van der Waals surface area contributed by atoms with Crippen LogP contribution in [0.4, 0.5) is 0 Å². The molecular formula is C16H26ClIN4O. The summed E-state index contributed by atoms with van der Waals surface area (Å²) in [7, 11) is 3.67. The summed E-state index contributed by atoms with van der Waals surface area (Å²) < 4.78 is 0. The SMILES string of the molecule is CCCNC(=O)CCNC(=NC)N(C)Cc1ccccc1Cl.I. The first-order chi connectivity index (χ1) is 10.6. The summed E-state index contributed by atoms with van der Waals surface area (Å²) in [4.78, 5) is 17.8. The molecule has 0 saturated heterocycles. The van der Waals surface area contributed by atoms with E-state index in [1.165, 1.54) is 0 Å². The van der Waals surface area contributed by atoms with Crippen LogP contribution in [-0.4, -0.2) is 44.0 Å². The predicted molar refractivity (Wildman–Crippen MR) is 108 cm³/mol. The summed E-state index contributed by atoms with van der Waals surface area (Å²) in [6, 6.07) is 7.74. The quantitative estimate of drug-likeness (QED) is 0.380. The molecule has 0 aliphatic carbocycles. The number of hydrogen-bond acceptors (Lipinski definition) is 2. The lowest BCUT2D eigenvalue weighted by atomic mass is 10.2. The van der Waals surface area contributed by atoms with Crippen molar-refractivity contribution >= 4 is 47.4 Å². The molecule has 1 rings (SSSR count). The highest BCUT2D eigenvalue weighted by Crippen LogP contribution is 2.16. The summed E-state index contributed by atoms with van der Waals surface area (Å²) in [5.41, 5.74) is 1.04. The first-order valence-corrected chi connectivity index (χ1v) is 7.88. The second kappa shape index (κ2) is 12.4. The lowest BCUT2D eigenvalue weighted by molar-refractivity contribution is -0.120. The normalized spacial score (nSPS) is 10.7. The van der Waals surface area contributed by atoms with Gasteiger partial charge in [-0.1, -0.05) is 36.7 Å². The Hall–Kier alpha value is -1.02. The molecule has 0 radical (unpaired) electrons. The van der Waals surface area contributed by atoms with Crippen molar-refractivity contribution in [2.24, 2.45) is 4.99 Å². The van der Waals surface area contributed by atoms with Crippen LogP contribution in [0.2, 0.25) is 5.02 Å². The van der Waals surface area contributed by atoms with Gasteiger partial charge in [0.25, 0.3) is 0 Å². The Morgan fingerprint density at radius 3 is 2.57 bits per heavy atom. The molecule has 1 amide bonds. The lowest BCUT2D eigenvalue weighted by Crippen LogP contribution is -2.40. The third-order valence-electron chi connectivity index (χ3n) is 3.15. The number of halogens is 2. The summed E-state index contributed by atoms with van der Waals surface area (Å²) in [6.45, 7) is 3.96. The average Bonchev–Trinajstić information content (AvgIpc) is 2.51. The number of amides is 1. The van der Waals surface area contributed by atoms with Gasteiger partial charge in [-0.05, 0) is 18.1 Å². The smallest absolute Gasteiger partial charge is 0.221 e. The van der Waals surface area contributed by atoms with Crippen molar-refractivity contribution in [3.8, 4) is 0 Å². The Morgan fingerprint density at radius 2 is 1.96 bits per heavy atom. The van der Waals surface area contributed by atoms with Crippen LogP contribution in [-0.2, 0) is 11.3 Å². The first kappa shape index (κ1) is 22.0. The van der Waals surface area contributed by atoms with Gasteiger partial charge in [0.1, 0.15) is 0 Å². The standard InChI is InChI=1S/C16H25ClN4O.HI/c1-4-10-19-15(22)9-11-20-16(18-2)21(3)12-13-7-5-6-8-14(13)17;/h5-8H,4,9-12H2,1-3H3,(H,18,20)(H,19,22);1H. The Balaban J connectivity index is 0.00000484. The molecule has 5 nitrogen and oxygen atoms in total. The minimum Gasteiger partial charge on any atom is -0.356 e. The topological polar surface area (TPSA) is 56.7 Å². The molecule has 0 spiro atoms. The second-order valence-corrected chi connectivity index (χ2v) is 5.43. The molecule has 2 N–H and O–H groups in total. The van der Waals surface area contributed by atoms with Crippen LogP contribution in [0.25, 0.3) is 0 Å². The molecule has 0 aliphatic rings. The van der Waals surface area contributed by atoms with E-state index in [1.807, 2.05) is 43.1 Å². The Kier molecular flexibility index (Phi) is 11.9. The summed E-state index contributed by atoms with van der Waals surface area (Å²) in [6.07, 6.45) is 1.38. The Labute approximate surface area is 160 Å². The summed E-state index contributed by atoms with van der Waals surface area (Å²) in [5.74, 6) is 0.793. The van der Waals surface area contributed by atoms with Gasteiger partial charge in [0, 0.05) is 45.2 Å². The number of carbonyl (C=O) groups is 1. The first-order valence-electron chi connectivity index (χ1n) is 7.50. The lowest BCUT2D eigenvalue weighted by Gasteiger charge is -2.22. The zero-order valence-electron chi connectivity index (χ0n) is 13.9. The largest absolute Gasteiger partial charge is 0.356 e. The van der Waals surface area contributed by atoms with Crippen LogP contribution in [0.5, 0.6) is 0 Å². The minimum absolute atomic E-state index is 0. The van der Waals surface area contributed by atoms with Gasteiger partial charge in [-0.15, -0.1) is 24.0 Å². The molecule has 23 heavy (non-hydrogen) atoms. The van der Waals surface area contributed by atoms with Crippen LogP contribution < -0.4 is 10.6 Å². The molecule has 1 aromatic rings. The van der Waals surface area contributed by atoms with Crippen molar-refractivity contribution < 1.29 is 4.79 Å². The number of carbonyl (C=O) groups excluding carboxylic acids is 1. The fourth-order valence-electron chi connectivity index (χ4n) is 1.98. The van der Waals surface area contributed by atoms with E-state index in [9.17, 15) is 4.79 Å². The number of benzene rings is 1. The fraction of sp³-hybridized carbons (Fsp3) is 0.500. The molecule has 1 aromatic carbocycles. The van der Waals surface area contributed by atoms with E-state index >= 15 is 0 Å². The molecule has 0 atom stereocenters. The number of guanidine groups is 1. The van der Waals surface area contributed by atoms with E-state index in [4.69, 9.17) is 11.6 Å². The fourth-order valence-corrected chi connectivity index (χ4v) is 2.18. The highest BCUT2D eigenvalue weighted by molar-refractivity contribution is 14.0. The van der Waals surface area contributed by atoms with Crippen LogP contribution in [0.3, 0.4) is 0 Å². The van der Waals surface area contributed by atoms with Crippen molar-refractivity contribution in [1.82, 2.24) is 15.5 Å². The van der Waals surface area contributed by atoms with E-state index < -0.39 is 0 Å². The van der Waals surface area contributed by atoms with Crippen LogP contribution in [0, 0.1) is 0 Å². The van der Waals surface area contributed by atoms with Crippen molar-refractivity contribution in [2.45, 2.75) is 26.3 Å². The van der Waals surface area contributed by atoms with Gasteiger partial charge in [-0.3, -0.25) is 9.79 Å². The van der Waals surface area contributed by atoms with E-state index in [-0.39, 0.29) is 29.9 Å². The maximum atomic E-state index is 11.6. The van der Waals surface area contributed by atoms with Crippen molar-refractivity contribution in [3.05, 3.63) is 34.9 Å². The monoisotopic (exact) mass is 452 g/mol. The van der Waals surface area contributed by atoms with Crippen LogP contribution >= 0.6 is 35.6 Å².